The number of carbonyl (C=O) groups excluding carboxylic acids is 4. The Morgan fingerprint density at radius 2 is 1.74 bits per heavy atom. The predicted molar refractivity (Wildman–Crippen MR) is 95.5 cm³/mol. The lowest BCUT2D eigenvalue weighted by Gasteiger charge is -2.31. The highest BCUT2D eigenvalue weighted by Gasteiger charge is 2.60. The molecule has 0 aromatic heterocycles. The summed E-state index contributed by atoms with van der Waals surface area (Å²) >= 11 is 0. The van der Waals surface area contributed by atoms with Crippen LogP contribution in [0.4, 0.5) is 0 Å². The first-order valence-electron chi connectivity index (χ1n) is 9.45. The molecular weight excluding hydrogens is 416 g/mol. The molecule has 164 valence electrons. The van der Waals surface area contributed by atoms with E-state index in [2.05, 4.69) is 5.32 Å². The number of esters is 2. The van der Waals surface area contributed by atoms with Gasteiger partial charge in [-0.3, -0.25) is 24.0 Å². The number of carbonyl (C=O) groups is 5. The maximum Gasteiger partial charge on any atom is 0.372 e. The van der Waals surface area contributed by atoms with Gasteiger partial charge >= 0.3 is 35.3 Å². The number of nitrogens with one attached hydrogen (secondary N) is 1. The number of cyclic esters (lactones) is 2. The number of para-hydroxylation sites is 1. The molecule has 1 aromatic rings. The molecule has 0 aliphatic carbocycles. The Morgan fingerprint density at radius 1 is 1.06 bits per heavy atom. The van der Waals surface area contributed by atoms with E-state index in [9.17, 15) is 29.1 Å². The first kappa shape index (κ1) is 20.6. The summed E-state index contributed by atoms with van der Waals surface area (Å²) in [5.74, 6) is -6.57. The number of carboxylic acids is 1. The zero-order valence-corrected chi connectivity index (χ0v) is 16.1. The highest BCUT2D eigenvalue weighted by atomic mass is 16.8. The molecular formula is C19H18N2O10. The van der Waals surface area contributed by atoms with Crippen molar-refractivity contribution in [1.82, 2.24) is 10.4 Å². The van der Waals surface area contributed by atoms with E-state index in [1.807, 2.05) is 0 Å². The standard InChI is InChI=1S/C19H18N2O10/c22-13-6-8-18(30-13,17(26)27)21-15(24)12(10-28-21)20-16(25)19(9-7-14(23)31-19)29-11-4-2-1-3-5-11/h1-5,12H,6-10H2,(H,20,25)(H,26,27)/t12-,18?,19?/m0/s1. The van der Waals surface area contributed by atoms with Gasteiger partial charge in [0.1, 0.15) is 18.4 Å². The molecule has 2 N–H and O–H groups in total. The highest BCUT2D eigenvalue weighted by Crippen LogP contribution is 2.35. The molecule has 0 spiro atoms. The van der Waals surface area contributed by atoms with Gasteiger partial charge in [0.15, 0.2) is 0 Å². The normalized spacial score (nSPS) is 30.1. The Labute approximate surface area is 174 Å². The lowest BCUT2D eigenvalue weighted by Crippen LogP contribution is -2.59. The monoisotopic (exact) mass is 434 g/mol. The molecule has 2 unspecified atom stereocenters. The van der Waals surface area contributed by atoms with Crippen LogP contribution in [0.1, 0.15) is 25.7 Å². The van der Waals surface area contributed by atoms with Crippen molar-refractivity contribution in [2.24, 2.45) is 0 Å². The van der Waals surface area contributed by atoms with E-state index >= 15 is 0 Å². The second-order valence-corrected chi connectivity index (χ2v) is 7.16. The van der Waals surface area contributed by atoms with Crippen LogP contribution in [0.2, 0.25) is 0 Å². The summed E-state index contributed by atoms with van der Waals surface area (Å²) in [6.07, 6.45) is -0.666. The zero-order valence-electron chi connectivity index (χ0n) is 16.1. The molecule has 3 saturated heterocycles. The second kappa shape index (κ2) is 7.54. The van der Waals surface area contributed by atoms with E-state index in [0.29, 0.717) is 5.06 Å². The minimum atomic E-state index is -2.30. The summed E-state index contributed by atoms with van der Waals surface area (Å²) in [5, 5.41) is 12.4. The topological polar surface area (TPSA) is 158 Å². The van der Waals surface area contributed by atoms with Crippen molar-refractivity contribution in [2.75, 3.05) is 6.61 Å². The van der Waals surface area contributed by atoms with Crippen LogP contribution < -0.4 is 10.1 Å². The highest BCUT2D eigenvalue weighted by molar-refractivity contribution is 5.96. The second-order valence-electron chi connectivity index (χ2n) is 7.16. The van der Waals surface area contributed by atoms with Crippen LogP contribution in [-0.2, 0) is 38.3 Å². The SMILES string of the molecule is O=C1CCC(Oc2ccccc2)(C(=O)N[C@H]2CON(C3(C(=O)O)CCC(=O)O3)C2=O)O1. The van der Waals surface area contributed by atoms with Gasteiger partial charge < -0.3 is 24.6 Å². The Balaban J connectivity index is 1.51. The molecule has 0 saturated carbocycles. The van der Waals surface area contributed by atoms with Gasteiger partial charge in [-0.15, -0.1) is 0 Å². The van der Waals surface area contributed by atoms with Crippen LogP contribution in [0.15, 0.2) is 30.3 Å². The predicted octanol–water partition coefficient (Wildman–Crippen LogP) is -0.525. The summed E-state index contributed by atoms with van der Waals surface area (Å²) in [6.45, 7) is -0.410. The molecule has 0 bridgehead atoms. The fraction of sp³-hybridized carbons (Fsp3) is 0.421. The van der Waals surface area contributed by atoms with Crippen LogP contribution in [-0.4, -0.2) is 64.1 Å². The van der Waals surface area contributed by atoms with E-state index in [-0.39, 0.29) is 31.4 Å². The van der Waals surface area contributed by atoms with Crippen molar-refractivity contribution in [3.8, 4) is 5.75 Å². The molecule has 3 aliphatic heterocycles. The molecule has 3 atom stereocenters. The number of benzene rings is 1. The van der Waals surface area contributed by atoms with Crippen molar-refractivity contribution in [1.29, 1.82) is 0 Å². The van der Waals surface area contributed by atoms with Crippen LogP contribution in [0.5, 0.6) is 5.75 Å². The van der Waals surface area contributed by atoms with Crippen molar-refractivity contribution in [3.63, 3.8) is 0 Å². The summed E-state index contributed by atoms with van der Waals surface area (Å²) < 4.78 is 15.7. The van der Waals surface area contributed by atoms with Crippen LogP contribution in [0.25, 0.3) is 0 Å². The van der Waals surface area contributed by atoms with Crippen LogP contribution in [0, 0.1) is 0 Å². The molecule has 3 heterocycles. The van der Waals surface area contributed by atoms with Crippen LogP contribution in [0.3, 0.4) is 0 Å². The van der Waals surface area contributed by atoms with E-state index in [1.165, 1.54) is 0 Å². The van der Waals surface area contributed by atoms with Crippen molar-refractivity contribution >= 4 is 29.7 Å². The van der Waals surface area contributed by atoms with Gasteiger partial charge in [-0.1, -0.05) is 18.2 Å². The summed E-state index contributed by atoms with van der Waals surface area (Å²) in [5.41, 5.74) is -2.30. The number of rotatable bonds is 6. The summed E-state index contributed by atoms with van der Waals surface area (Å²) in [6, 6.07) is 6.89. The Bertz CT molecular complexity index is 950. The van der Waals surface area contributed by atoms with Crippen molar-refractivity contribution in [2.45, 2.75) is 43.2 Å². The molecule has 2 amide bonds. The fourth-order valence-electron chi connectivity index (χ4n) is 3.53. The molecule has 3 aliphatic rings. The molecule has 0 radical (unpaired) electrons. The number of amides is 2. The molecule has 31 heavy (non-hydrogen) atoms. The Morgan fingerprint density at radius 3 is 2.32 bits per heavy atom. The van der Waals surface area contributed by atoms with Gasteiger partial charge in [-0.25, -0.2) is 4.79 Å². The summed E-state index contributed by atoms with van der Waals surface area (Å²) in [4.78, 5) is 65.9. The number of hydroxylamine groups is 2. The van der Waals surface area contributed by atoms with E-state index in [0.717, 1.165) is 0 Å². The first-order valence-corrected chi connectivity index (χ1v) is 9.45. The van der Waals surface area contributed by atoms with Gasteiger partial charge in [-0.2, -0.15) is 5.06 Å². The Hall–Kier alpha value is -3.67. The molecule has 4 rings (SSSR count). The smallest absolute Gasteiger partial charge is 0.372 e. The third-order valence-electron chi connectivity index (χ3n) is 5.10. The maximum atomic E-state index is 13.0. The van der Waals surface area contributed by atoms with Gasteiger partial charge in [0.05, 0.1) is 12.8 Å². The number of aliphatic carboxylic acids is 1. The average Bonchev–Trinajstić information content (AvgIpc) is 3.42. The number of carboxylic acid groups (broad SMARTS) is 1. The van der Waals surface area contributed by atoms with Crippen LogP contribution >= 0.6 is 0 Å². The number of ether oxygens (including phenoxy) is 3. The van der Waals surface area contributed by atoms with Gasteiger partial charge in [0.25, 0.3) is 5.91 Å². The molecule has 3 fully saturated rings. The van der Waals surface area contributed by atoms with Crippen molar-refractivity contribution in [3.05, 3.63) is 30.3 Å². The van der Waals surface area contributed by atoms with E-state index < -0.39 is 53.9 Å². The van der Waals surface area contributed by atoms with E-state index in [4.69, 9.17) is 19.0 Å². The number of hydrogen-bond donors (Lipinski definition) is 2. The third kappa shape index (κ3) is 3.54. The molecule has 1 aromatic carbocycles. The lowest BCUT2D eigenvalue weighted by atomic mass is 10.1. The van der Waals surface area contributed by atoms with Gasteiger partial charge in [-0.05, 0) is 12.1 Å². The minimum Gasteiger partial charge on any atom is -0.477 e. The van der Waals surface area contributed by atoms with Gasteiger partial charge in [0, 0.05) is 12.8 Å². The minimum absolute atomic E-state index is 0.0699. The number of nitrogens with zero attached hydrogens (tertiary/aromatic N) is 1. The van der Waals surface area contributed by atoms with E-state index in [1.54, 1.807) is 30.3 Å². The zero-order chi connectivity index (χ0) is 22.2. The maximum absolute atomic E-state index is 13.0. The number of hydrogen-bond acceptors (Lipinski definition) is 9. The first-order chi connectivity index (χ1) is 14.8. The third-order valence-corrected chi connectivity index (χ3v) is 5.10. The quantitative estimate of drug-likeness (QED) is 0.558. The van der Waals surface area contributed by atoms with Crippen molar-refractivity contribution < 1.29 is 48.1 Å². The fourth-order valence-corrected chi connectivity index (χ4v) is 3.53. The molecule has 12 nitrogen and oxygen atoms in total. The lowest BCUT2D eigenvalue weighted by molar-refractivity contribution is -0.256. The largest absolute Gasteiger partial charge is 0.477 e. The average molecular weight is 434 g/mol. The Kier molecular flexibility index (Phi) is 5.01. The van der Waals surface area contributed by atoms with Gasteiger partial charge in [0.2, 0.25) is 0 Å². The molecule has 12 heteroatoms. The summed E-state index contributed by atoms with van der Waals surface area (Å²) in [7, 11) is 0.